The van der Waals surface area contributed by atoms with E-state index in [0.29, 0.717) is 43.2 Å². The molecule has 1 aromatic heterocycles. The largest absolute Gasteiger partial charge is 0.395 e. The Morgan fingerprint density at radius 2 is 1.82 bits per heavy atom. The van der Waals surface area contributed by atoms with Gasteiger partial charge in [-0.2, -0.15) is 10.4 Å². The number of nitrogens with one attached hydrogen (secondary N) is 1. The van der Waals surface area contributed by atoms with E-state index in [1.807, 2.05) is 6.07 Å². The zero-order chi connectivity index (χ0) is 28.2. The van der Waals surface area contributed by atoms with Crippen molar-refractivity contribution in [2.24, 2.45) is 0 Å². The van der Waals surface area contributed by atoms with Crippen LogP contribution >= 0.6 is 0 Å². The second kappa shape index (κ2) is 9.43. The summed E-state index contributed by atoms with van der Waals surface area (Å²) in [5.41, 5.74) is 0.836. The first-order chi connectivity index (χ1) is 18.4. The minimum atomic E-state index is -3.64. The van der Waals surface area contributed by atoms with E-state index in [-0.39, 0.29) is 37.6 Å². The third kappa shape index (κ3) is 4.83. The van der Waals surface area contributed by atoms with E-state index in [1.54, 1.807) is 38.1 Å². The van der Waals surface area contributed by atoms with Crippen LogP contribution in [0.2, 0.25) is 0 Å². The lowest BCUT2D eigenvalue weighted by atomic mass is 10.0. The van der Waals surface area contributed by atoms with Crippen molar-refractivity contribution in [3.05, 3.63) is 52.3 Å². The molecule has 0 radical (unpaired) electrons. The van der Waals surface area contributed by atoms with E-state index in [0.717, 1.165) is 5.56 Å². The fourth-order valence-electron chi connectivity index (χ4n) is 5.36. The van der Waals surface area contributed by atoms with Crippen LogP contribution < -0.4 is 5.32 Å². The van der Waals surface area contributed by atoms with E-state index >= 15 is 0 Å². The molecule has 0 unspecified atom stereocenters. The zero-order valence-electron chi connectivity index (χ0n) is 22.1. The molecule has 208 valence electrons. The maximum absolute atomic E-state index is 13.7. The van der Waals surface area contributed by atoms with Crippen molar-refractivity contribution >= 4 is 21.7 Å². The van der Waals surface area contributed by atoms with Gasteiger partial charge in [0.1, 0.15) is 5.69 Å². The number of aliphatic hydroxyl groups excluding tert-OH is 1. The number of hydrogen-bond acceptors (Lipinski definition) is 8. The lowest BCUT2D eigenvalue weighted by molar-refractivity contribution is 0.0535. The summed E-state index contributed by atoms with van der Waals surface area (Å²) < 4.78 is 26.0. The highest BCUT2D eigenvalue weighted by molar-refractivity contribution is 7.94. The van der Waals surface area contributed by atoms with Crippen LogP contribution in [-0.4, -0.2) is 79.9 Å². The molecule has 2 amide bonds. The van der Waals surface area contributed by atoms with Gasteiger partial charge in [0.2, 0.25) is 0 Å². The number of nitriles is 1. The van der Waals surface area contributed by atoms with Crippen LogP contribution in [0, 0.1) is 11.3 Å². The Balaban J connectivity index is 1.39. The maximum atomic E-state index is 13.7. The van der Waals surface area contributed by atoms with Gasteiger partial charge >= 0.3 is 0 Å². The molecule has 3 N–H and O–H groups in total. The third-order valence-electron chi connectivity index (χ3n) is 7.98. The van der Waals surface area contributed by atoms with Crippen LogP contribution in [0.5, 0.6) is 0 Å². The van der Waals surface area contributed by atoms with Gasteiger partial charge in [-0.05, 0) is 63.6 Å². The number of carbonyl (C=O) groups excluding carboxylic acids is 2. The highest BCUT2D eigenvalue weighted by Gasteiger charge is 2.67. The topological polar surface area (TPSA) is 166 Å². The van der Waals surface area contributed by atoms with Crippen molar-refractivity contribution in [2.45, 2.75) is 74.1 Å². The number of nitrogens with zero attached hydrogens (tertiary/aromatic N) is 4. The van der Waals surface area contributed by atoms with Crippen molar-refractivity contribution in [3.8, 4) is 6.07 Å². The molecule has 0 spiro atoms. The minimum Gasteiger partial charge on any atom is -0.395 e. The second-order valence-corrected chi connectivity index (χ2v) is 14.4. The predicted octanol–water partition coefficient (Wildman–Crippen LogP) is 0.926. The normalized spacial score (nSPS) is 19.3. The number of aliphatic hydroxyl groups is 2. The van der Waals surface area contributed by atoms with Gasteiger partial charge in [0.25, 0.3) is 11.8 Å². The van der Waals surface area contributed by atoms with Crippen LogP contribution in [0.15, 0.2) is 24.3 Å². The molecule has 2 heterocycles. The molecule has 2 aliphatic carbocycles. The highest BCUT2D eigenvalue weighted by Crippen LogP contribution is 2.56. The molecule has 2 saturated carbocycles. The molecule has 2 aromatic rings. The number of hydrogen-bond donors (Lipinski definition) is 3. The Morgan fingerprint density at radius 1 is 1.18 bits per heavy atom. The van der Waals surface area contributed by atoms with Crippen LogP contribution in [0.1, 0.15) is 77.2 Å². The number of rotatable bonds is 10. The monoisotopic (exact) mass is 555 g/mol. The molecule has 1 aromatic carbocycles. The fourth-order valence-corrected chi connectivity index (χ4v) is 8.05. The van der Waals surface area contributed by atoms with Gasteiger partial charge in [-0.25, -0.2) is 8.42 Å². The standard InChI is InChI=1S/C27H33N5O6S/c1-25(2,36)15-32-22-20(21(30-32)23(34)29-14-19-5-3-18(13-28)4-6-19)7-12-31(24(22)35)16-26(8-9-26)39(37,38)27(17-33)10-11-27/h3-6,33,36H,7-12,14-17H2,1-2H3,(H,29,34). The fraction of sp³-hybridized carbons (Fsp3) is 0.556. The average molecular weight is 556 g/mol. The molecular formula is C27H33N5O6S. The Labute approximate surface area is 227 Å². The summed E-state index contributed by atoms with van der Waals surface area (Å²) in [4.78, 5) is 28.4. The Morgan fingerprint density at radius 3 is 2.36 bits per heavy atom. The Bertz CT molecular complexity index is 1460. The van der Waals surface area contributed by atoms with Crippen molar-refractivity contribution in [1.29, 1.82) is 5.26 Å². The van der Waals surface area contributed by atoms with E-state index < -0.39 is 43.4 Å². The molecule has 0 saturated heterocycles. The maximum Gasteiger partial charge on any atom is 0.272 e. The first-order valence-electron chi connectivity index (χ1n) is 13.1. The summed E-state index contributed by atoms with van der Waals surface area (Å²) in [7, 11) is -3.64. The molecule has 0 atom stereocenters. The first kappa shape index (κ1) is 27.3. The van der Waals surface area contributed by atoms with Gasteiger partial charge in [0.15, 0.2) is 15.5 Å². The lowest BCUT2D eigenvalue weighted by Crippen LogP contribution is -2.49. The lowest BCUT2D eigenvalue weighted by Gasteiger charge is -2.33. The molecule has 0 bridgehead atoms. The molecule has 2 fully saturated rings. The smallest absolute Gasteiger partial charge is 0.272 e. The van der Waals surface area contributed by atoms with E-state index in [2.05, 4.69) is 10.4 Å². The van der Waals surface area contributed by atoms with Gasteiger partial charge < -0.3 is 20.4 Å². The minimum absolute atomic E-state index is 0.0310. The number of amides is 2. The quantitative estimate of drug-likeness (QED) is 0.389. The Kier molecular flexibility index (Phi) is 6.60. The predicted molar refractivity (Wildman–Crippen MR) is 140 cm³/mol. The average Bonchev–Trinajstić information content (AvgIpc) is 3.81. The van der Waals surface area contributed by atoms with Gasteiger partial charge in [-0.15, -0.1) is 0 Å². The van der Waals surface area contributed by atoms with Gasteiger partial charge in [-0.3, -0.25) is 14.3 Å². The van der Waals surface area contributed by atoms with Gasteiger partial charge in [-0.1, -0.05) is 12.1 Å². The van der Waals surface area contributed by atoms with Crippen LogP contribution in [0.3, 0.4) is 0 Å². The first-order valence-corrected chi connectivity index (χ1v) is 14.6. The molecule has 1 aliphatic heterocycles. The van der Waals surface area contributed by atoms with Gasteiger partial charge in [0.05, 0.1) is 39.9 Å². The summed E-state index contributed by atoms with van der Waals surface area (Å²) in [6.07, 6.45) is 2.07. The summed E-state index contributed by atoms with van der Waals surface area (Å²) in [5.74, 6) is -0.888. The third-order valence-corrected chi connectivity index (χ3v) is 11.3. The summed E-state index contributed by atoms with van der Waals surface area (Å²) in [6.45, 7) is 3.18. The molecular weight excluding hydrogens is 522 g/mol. The molecule has 39 heavy (non-hydrogen) atoms. The van der Waals surface area contributed by atoms with Crippen molar-refractivity contribution in [2.75, 3.05) is 19.7 Å². The second-order valence-electron chi connectivity index (χ2n) is 11.6. The summed E-state index contributed by atoms with van der Waals surface area (Å²) in [5, 5.41) is 36.5. The molecule has 12 heteroatoms. The summed E-state index contributed by atoms with van der Waals surface area (Å²) in [6, 6.07) is 8.85. The summed E-state index contributed by atoms with van der Waals surface area (Å²) >= 11 is 0. The number of carbonyl (C=O) groups is 2. The molecule has 11 nitrogen and oxygen atoms in total. The van der Waals surface area contributed by atoms with Crippen LogP contribution in [0.4, 0.5) is 0 Å². The van der Waals surface area contributed by atoms with E-state index in [9.17, 15) is 28.2 Å². The van der Waals surface area contributed by atoms with E-state index in [4.69, 9.17) is 5.26 Å². The number of aromatic nitrogens is 2. The van der Waals surface area contributed by atoms with Crippen molar-refractivity contribution in [1.82, 2.24) is 20.0 Å². The molecule has 5 rings (SSSR count). The Hall–Kier alpha value is -3.27. The highest BCUT2D eigenvalue weighted by atomic mass is 32.2. The number of benzene rings is 1. The van der Waals surface area contributed by atoms with Gasteiger partial charge in [0, 0.05) is 25.2 Å². The number of fused-ring (bicyclic) bond motifs is 1. The molecule has 3 aliphatic rings. The van der Waals surface area contributed by atoms with Crippen LogP contribution in [0.25, 0.3) is 0 Å². The zero-order valence-corrected chi connectivity index (χ0v) is 22.9. The van der Waals surface area contributed by atoms with Crippen molar-refractivity contribution in [3.63, 3.8) is 0 Å². The van der Waals surface area contributed by atoms with E-state index in [1.165, 1.54) is 9.58 Å². The van der Waals surface area contributed by atoms with Crippen molar-refractivity contribution < 1.29 is 28.2 Å². The van der Waals surface area contributed by atoms with Crippen LogP contribution in [-0.2, 0) is 29.3 Å². The SMILES string of the molecule is CC(C)(O)Cn1nc(C(=O)NCc2ccc(C#N)cc2)c2c1C(=O)N(CC1(S(=O)(=O)C3(CO)CC3)CC1)CC2. The number of sulfone groups is 1.